The van der Waals surface area contributed by atoms with Gasteiger partial charge in [0, 0.05) is 6.61 Å². The molecule has 15 heavy (non-hydrogen) atoms. The fourth-order valence-electron chi connectivity index (χ4n) is 1.24. The van der Waals surface area contributed by atoms with Gasteiger partial charge in [-0.15, -0.1) is 0 Å². The van der Waals surface area contributed by atoms with Crippen LogP contribution in [0.5, 0.6) is 0 Å². The van der Waals surface area contributed by atoms with Gasteiger partial charge in [-0.2, -0.15) is 0 Å². The molecule has 2 atom stereocenters. The minimum atomic E-state index is -0.502. The molecule has 5 heteroatoms. The molecular weight excluding hydrogens is 198 g/mol. The number of carbonyl (C=O) groups excluding carboxylic acids is 1. The molecule has 2 N–H and O–H groups in total. The topological polar surface area (TPSA) is 71.1 Å². The third kappa shape index (κ3) is 4.99. The van der Waals surface area contributed by atoms with E-state index in [0.717, 1.165) is 0 Å². The van der Waals surface area contributed by atoms with E-state index >= 15 is 0 Å². The van der Waals surface area contributed by atoms with Gasteiger partial charge in [-0.3, -0.25) is 0 Å². The van der Waals surface area contributed by atoms with E-state index in [1.54, 1.807) is 20.8 Å². The normalized spacial score (nSPS) is 22.0. The summed E-state index contributed by atoms with van der Waals surface area (Å²) in [5, 5.41) is 11.5. The second kappa shape index (κ2) is 4.81. The smallest absolute Gasteiger partial charge is 0.407 e. The molecule has 0 spiro atoms. The highest BCUT2D eigenvalue weighted by molar-refractivity contribution is 5.68. The number of hydrogen-bond donors (Lipinski definition) is 2. The Labute approximate surface area is 89.8 Å². The second-order valence-electron chi connectivity index (χ2n) is 4.64. The zero-order valence-corrected chi connectivity index (χ0v) is 9.45. The average molecular weight is 217 g/mol. The van der Waals surface area contributed by atoms with E-state index < -0.39 is 11.7 Å². The Kier molecular flexibility index (Phi) is 3.93. The summed E-state index contributed by atoms with van der Waals surface area (Å²) in [6, 6.07) is -0.148. The zero-order valence-electron chi connectivity index (χ0n) is 9.45. The van der Waals surface area contributed by atoms with E-state index in [1.807, 2.05) is 0 Å². The van der Waals surface area contributed by atoms with Crippen LogP contribution in [0.3, 0.4) is 0 Å². The number of aliphatic hydroxyl groups is 1. The minimum absolute atomic E-state index is 0.0281. The van der Waals surface area contributed by atoms with Crippen molar-refractivity contribution in [2.45, 2.75) is 44.9 Å². The molecule has 0 bridgehead atoms. The molecule has 88 valence electrons. The highest BCUT2D eigenvalue weighted by Crippen LogP contribution is 2.17. The zero-order chi connectivity index (χ0) is 11.5. The average Bonchev–Trinajstić information content (AvgIpc) is 2.81. The Bertz CT molecular complexity index is 220. The van der Waals surface area contributed by atoms with Gasteiger partial charge in [-0.05, 0) is 27.2 Å². The van der Waals surface area contributed by atoms with Crippen LogP contribution in [0.4, 0.5) is 4.79 Å². The van der Waals surface area contributed by atoms with Crippen molar-refractivity contribution in [2.75, 3.05) is 13.2 Å². The highest BCUT2D eigenvalue weighted by atomic mass is 16.6. The van der Waals surface area contributed by atoms with E-state index in [1.165, 1.54) is 0 Å². The lowest BCUT2D eigenvalue weighted by molar-refractivity contribution is 0.0486. The van der Waals surface area contributed by atoms with Crippen molar-refractivity contribution in [3.63, 3.8) is 0 Å². The maximum atomic E-state index is 11.4. The van der Waals surface area contributed by atoms with Crippen LogP contribution in [-0.4, -0.2) is 42.2 Å². The van der Waals surface area contributed by atoms with Crippen molar-refractivity contribution in [3.8, 4) is 0 Å². The van der Waals surface area contributed by atoms with E-state index in [0.29, 0.717) is 13.0 Å². The first-order valence-electron chi connectivity index (χ1n) is 5.14. The fourth-order valence-corrected chi connectivity index (χ4v) is 1.24. The van der Waals surface area contributed by atoms with E-state index in [2.05, 4.69) is 5.32 Å². The maximum Gasteiger partial charge on any atom is 0.407 e. The molecule has 0 radical (unpaired) electrons. The van der Waals surface area contributed by atoms with Crippen molar-refractivity contribution in [1.82, 2.24) is 5.32 Å². The van der Waals surface area contributed by atoms with Crippen molar-refractivity contribution in [1.29, 1.82) is 0 Å². The lowest BCUT2D eigenvalue weighted by atomic mass is 10.1. The van der Waals surface area contributed by atoms with E-state index in [9.17, 15) is 4.79 Å². The van der Waals surface area contributed by atoms with Gasteiger partial charge in [0.15, 0.2) is 0 Å². The predicted molar refractivity (Wildman–Crippen MR) is 54.6 cm³/mol. The summed E-state index contributed by atoms with van der Waals surface area (Å²) in [7, 11) is 0. The molecule has 1 rings (SSSR count). The molecule has 0 aromatic carbocycles. The summed E-state index contributed by atoms with van der Waals surface area (Å²) in [4.78, 5) is 11.4. The summed E-state index contributed by atoms with van der Waals surface area (Å²) in [6.07, 6.45) is 0.0605. The quantitative estimate of drug-likeness (QED) is 0.679. The molecule has 1 aliphatic heterocycles. The molecule has 0 aromatic heterocycles. The third-order valence-corrected chi connectivity index (χ3v) is 1.95. The molecule has 1 amide bonds. The van der Waals surface area contributed by atoms with Gasteiger partial charge in [-0.1, -0.05) is 0 Å². The molecule has 1 unspecified atom stereocenters. The number of hydrogen-bond acceptors (Lipinski definition) is 4. The van der Waals surface area contributed by atoms with E-state index in [4.69, 9.17) is 14.6 Å². The van der Waals surface area contributed by atoms with Crippen LogP contribution in [0.1, 0.15) is 27.2 Å². The number of nitrogens with one attached hydrogen (secondary N) is 1. The van der Waals surface area contributed by atoms with Gasteiger partial charge < -0.3 is 19.9 Å². The van der Waals surface area contributed by atoms with Crippen molar-refractivity contribution in [3.05, 3.63) is 0 Å². The number of aliphatic hydroxyl groups excluding tert-OH is 1. The van der Waals surface area contributed by atoms with Crippen LogP contribution < -0.4 is 5.32 Å². The van der Waals surface area contributed by atoms with Crippen LogP contribution in [0.25, 0.3) is 0 Å². The lowest BCUT2D eigenvalue weighted by Gasteiger charge is -2.22. The molecule has 0 aliphatic carbocycles. The van der Waals surface area contributed by atoms with Crippen LogP contribution in [0.2, 0.25) is 0 Å². The maximum absolute atomic E-state index is 11.4. The minimum Gasteiger partial charge on any atom is -0.444 e. The Morgan fingerprint density at radius 2 is 2.27 bits per heavy atom. The molecule has 1 aliphatic rings. The molecule has 0 aromatic rings. The number of alkyl carbamates (subject to hydrolysis) is 1. The first-order valence-corrected chi connectivity index (χ1v) is 5.14. The highest BCUT2D eigenvalue weighted by Gasteiger charge is 2.34. The number of amides is 1. The summed E-state index contributed by atoms with van der Waals surface area (Å²) < 4.78 is 10.2. The van der Waals surface area contributed by atoms with Crippen LogP contribution in [0, 0.1) is 0 Å². The molecule has 5 nitrogen and oxygen atoms in total. The first kappa shape index (κ1) is 12.3. The Hall–Kier alpha value is -0.810. The number of ether oxygens (including phenoxy) is 2. The predicted octanol–water partition coefficient (Wildman–Crippen LogP) is 0.661. The SMILES string of the molecule is CC(C)(C)OC(=O)NC(CCO)[C@@H]1CO1. The monoisotopic (exact) mass is 217 g/mol. The van der Waals surface area contributed by atoms with Gasteiger partial charge in [-0.25, -0.2) is 4.79 Å². The van der Waals surface area contributed by atoms with Crippen LogP contribution in [0.15, 0.2) is 0 Å². The number of epoxide rings is 1. The largest absolute Gasteiger partial charge is 0.444 e. The summed E-state index contributed by atoms with van der Waals surface area (Å²) in [5.74, 6) is 0. The van der Waals surface area contributed by atoms with Gasteiger partial charge in [0.1, 0.15) is 11.7 Å². The molecule has 1 saturated heterocycles. The standard InChI is InChI=1S/C10H19NO4/c1-10(2,3)15-9(13)11-7(4-5-12)8-6-14-8/h7-8,12H,4-6H2,1-3H3,(H,11,13)/t7?,8-/m0/s1. The number of carbonyl (C=O) groups is 1. The fraction of sp³-hybridized carbons (Fsp3) is 0.900. The Morgan fingerprint density at radius 3 is 2.67 bits per heavy atom. The van der Waals surface area contributed by atoms with Gasteiger partial charge in [0.25, 0.3) is 0 Å². The van der Waals surface area contributed by atoms with Crippen LogP contribution in [-0.2, 0) is 9.47 Å². The summed E-state index contributed by atoms with van der Waals surface area (Å²) in [5.41, 5.74) is -0.502. The molecule has 1 heterocycles. The molecular formula is C10H19NO4. The summed E-state index contributed by atoms with van der Waals surface area (Å²) in [6.45, 7) is 6.09. The number of rotatable bonds is 4. The van der Waals surface area contributed by atoms with Crippen molar-refractivity contribution >= 4 is 6.09 Å². The molecule has 0 saturated carbocycles. The second-order valence-corrected chi connectivity index (χ2v) is 4.64. The van der Waals surface area contributed by atoms with Gasteiger partial charge in [0.05, 0.1) is 12.6 Å². The molecule has 1 fully saturated rings. The van der Waals surface area contributed by atoms with Crippen LogP contribution >= 0.6 is 0 Å². The third-order valence-electron chi connectivity index (χ3n) is 1.95. The lowest BCUT2D eigenvalue weighted by Crippen LogP contribution is -2.42. The summed E-state index contributed by atoms with van der Waals surface area (Å²) >= 11 is 0. The Morgan fingerprint density at radius 1 is 1.67 bits per heavy atom. The van der Waals surface area contributed by atoms with Gasteiger partial charge >= 0.3 is 6.09 Å². The van der Waals surface area contributed by atoms with Crippen molar-refractivity contribution < 1.29 is 19.4 Å². The van der Waals surface area contributed by atoms with Gasteiger partial charge in [0.2, 0.25) is 0 Å². The first-order chi connectivity index (χ1) is 6.92. The Balaban J connectivity index is 2.33. The van der Waals surface area contributed by atoms with E-state index in [-0.39, 0.29) is 18.8 Å². The van der Waals surface area contributed by atoms with Crippen molar-refractivity contribution in [2.24, 2.45) is 0 Å².